The average molecular weight is 477 g/mol. The van der Waals surface area contributed by atoms with Crippen LogP contribution < -0.4 is 5.73 Å². The fourth-order valence-corrected chi connectivity index (χ4v) is 4.63. The number of fused-ring (bicyclic) bond motifs is 3. The Hall–Kier alpha value is -2.65. The minimum atomic E-state index is -4.03. The van der Waals surface area contributed by atoms with Gasteiger partial charge in [-0.1, -0.05) is 0 Å². The van der Waals surface area contributed by atoms with E-state index in [9.17, 15) is 31.5 Å². The van der Waals surface area contributed by atoms with E-state index in [1.165, 1.54) is 6.07 Å². The van der Waals surface area contributed by atoms with Crippen molar-refractivity contribution in [2.45, 2.75) is 25.2 Å². The van der Waals surface area contributed by atoms with Crippen molar-refractivity contribution in [2.75, 3.05) is 12.5 Å². The normalized spacial score (nSPS) is 20.0. The molecule has 1 aromatic rings. The minimum Gasteiger partial charge on any atom is -0.465 e. The van der Waals surface area contributed by atoms with E-state index in [2.05, 4.69) is 5.73 Å². The smallest absolute Gasteiger partial charge is 0.402 e. The summed E-state index contributed by atoms with van der Waals surface area (Å²) in [6.07, 6.45) is -0.389. The highest BCUT2D eigenvalue weighted by Crippen LogP contribution is 2.43. The number of ketones is 2. The Morgan fingerprint density at radius 3 is 2.10 bits per heavy atom. The zero-order valence-corrected chi connectivity index (χ0v) is 17.9. The first-order valence-corrected chi connectivity index (χ1v) is 12.1. The van der Waals surface area contributed by atoms with Gasteiger partial charge in [-0.25, -0.2) is 4.79 Å². The summed E-state index contributed by atoms with van der Waals surface area (Å²) in [6.45, 7) is -0.573. The van der Waals surface area contributed by atoms with Gasteiger partial charge in [-0.15, -0.1) is 0 Å². The highest BCUT2D eigenvalue weighted by atomic mass is 32.2. The van der Waals surface area contributed by atoms with E-state index in [1.807, 2.05) is 0 Å². The first-order valence-electron chi connectivity index (χ1n) is 8.45. The molecular formula is C17H19NO11S2. The summed E-state index contributed by atoms with van der Waals surface area (Å²) in [5.74, 6) is -0.932. The summed E-state index contributed by atoms with van der Waals surface area (Å²) in [4.78, 5) is 33.3. The molecular weight excluding hydrogens is 458 g/mol. The highest BCUT2D eigenvalue weighted by molar-refractivity contribution is 7.86. The second-order valence-electron chi connectivity index (χ2n) is 6.67. The molecule has 14 heteroatoms. The number of primary amides is 1. The first kappa shape index (κ1) is 24.6. The lowest BCUT2D eigenvalue weighted by Crippen LogP contribution is -2.26. The molecule has 1 aromatic carbocycles. The number of benzene rings is 1. The Morgan fingerprint density at radius 2 is 1.61 bits per heavy atom. The number of carbonyl (C=O) groups is 3. The molecule has 170 valence electrons. The summed E-state index contributed by atoms with van der Waals surface area (Å²) in [7, 11) is -8.01. The van der Waals surface area contributed by atoms with Gasteiger partial charge in [0.2, 0.25) is 0 Å². The predicted molar refractivity (Wildman–Crippen MR) is 104 cm³/mol. The lowest BCUT2D eigenvalue weighted by atomic mass is 9.86. The molecule has 0 bridgehead atoms. The van der Waals surface area contributed by atoms with E-state index in [0.717, 1.165) is 24.7 Å². The Bertz CT molecular complexity index is 1180. The molecule has 0 fully saturated rings. The molecule has 12 nitrogen and oxygen atoms in total. The number of nitrogens with two attached hydrogens (primary N) is 1. The second kappa shape index (κ2) is 8.84. The molecule has 3 rings (SSSR count). The second-order valence-corrected chi connectivity index (χ2v) is 9.87. The topological polar surface area (TPSA) is 204 Å². The van der Waals surface area contributed by atoms with Crippen LogP contribution in [-0.4, -0.2) is 63.3 Å². The Kier molecular flexibility index (Phi) is 7.02. The molecule has 1 amide bonds. The van der Waals surface area contributed by atoms with E-state index in [1.54, 1.807) is 0 Å². The number of hydrogen-bond acceptors (Lipinski definition) is 10. The molecule has 2 atom stereocenters. The lowest BCUT2D eigenvalue weighted by molar-refractivity contribution is 0.0768. The van der Waals surface area contributed by atoms with Crippen LogP contribution >= 0.6 is 0 Å². The Morgan fingerprint density at radius 1 is 1.10 bits per heavy atom. The predicted octanol–water partition coefficient (Wildman–Crippen LogP) is -0.345. The number of aliphatic hydroxyl groups is 1. The molecule has 0 aliphatic heterocycles. The van der Waals surface area contributed by atoms with E-state index < -0.39 is 56.7 Å². The average Bonchev–Trinajstić information content (AvgIpc) is 2.91. The first-order chi connectivity index (χ1) is 14.1. The zero-order chi connectivity index (χ0) is 23.7. The van der Waals surface area contributed by atoms with Gasteiger partial charge < -0.3 is 15.9 Å². The molecule has 0 aromatic heterocycles. The fourth-order valence-electron chi connectivity index (χ4n) is 3.41. The molecule has 0 saturated carbocycles. The van der Waals surface area contributed by atoms with Crippen LogP contribution in [0.15, 0.2) is 18.2 Å². The third-order valence-corrected chi connectivity index (χ3v) is 5.39. The lowest BCUT2D eigenvalue weighted by Gasteiger charge is -2.21. The van der Waals surface area contributed by atoms with Crippen molar-refractivity contribution < 1.29 is 49.8 Å². The van der Waals surface area contributed by atoms with E-state index in [0.29, 0.717) is 0 Å². The van der Waals surface area contributed by atoms with E-state index >= 15 is 0 Å². The maximum atomic E-state index is 12.4. The van der Waals surface area contributed by atoms with Gasteiger partial charge in [0.15, 0.2) is 11.6 Å². The van der Waals surface area contributed by atoms with Crippen molar-refractivity contribution in [3.63, 3.8) is 0 Å². The van der Waals surface area contributed by atoms with Crippen molar-refractivity contribution >= 4 is 37.9 Å². The van der Waals surface area contributed by atoms with Crippen LogP contribution in [0.25, 0.3) is 0 Å². The molecule has 0 radical (unpaired) electrons. The molecule has 31 heavy (non-hydrogen) atoms. The van der Waals surface area contributed by atoms with Gasteiger partial charge in [0.05, 0.1) is 19.1 Å². The maximum absolute atomic E-state index is 12.4. The molecule has 4 N–H and O–H groups in total. The fraction of sp³-hybridized carbons (Fsp3) is 0.353. The number of hydrogen-bond donors (Lipinski definition) is 3. The largest absolute Gasteiger partial charge is 0.465 e. The van der Waals surface area contributed by atoms with Gasteiger partial charge in [-0.3, -0.25) is 18.0 Å². The minimum absolute atomic E-state index is 0.0383. The summed E-state index contributed by atoms with van der Waals surface area (Å²) in [5.41, 5.74) is 4.67. The van der Waals surface area contributed by atoms with Crippen molar-refractivity contribution in [3.8, 4) is 0 Å². The van der Waals surface area contributed by atoms with Crippen LogP contribution in [0.1, 0.15) is 43.5 Å². The number of rotatable bonds is 5. The third-order valence-electron chi connectivity index (χ3n) is 4.23. The van der Waals surface area contributed by atoms with Crippen molar-refractivity contribution in [2.24, 2.45) is 5.73 Å². The maximum Gasteiger partial charge on any atom is 0.402 e. The molecule has 2 unspecified atom stereocenters. The van der Waals surface area contributed by atoms with Gasteiger partial charge in [0.25, 0.3) is 20.2 Å². The van der Waals surface area contributed by atoms with E-state index in [4.69, 9.17) is 18.3 Å². The van der Waals surface area contributed by atoms with Gasteiger partial charge in [0.1, 0.15) is 12.2 Å². The van der Waals surface area contributed by atoms with Crippen molar-refractivity contribution in [1.29, 1.82) is 0 Å². The number of carboxylic acid groups (broad SMARTS) is 1. The summed E-state index contributed by atoms with van der Waals surface area (Å²) in [6, 6.07) is 1.29. The number of allylic oxidation sites excluding steroid dienone is 2. The Labute approximate surface area is 177 Å². The SMILES string of the molecule is CS(=O)(=O)OC1Cc2c3c(cc(CO)c2C1OS(C)(=O)=O)C(=O)C=CC3=O.NC(=O)O. The highest BCUT2D eigenvalue weighted by Gasteiger charge is 2.43. The quantitative estimate of drug-likeness (QED) is 0.467. The molecule has 0 saturated heterocycles. The third kappa shape index (κ3) is 5.95. The molecule has 0 spiro atoms. The number of aliphatic hydroxyl groups excluding tert-OH is 1. The number of amides is 1. The van der Waals surface area contributed by atoms with Gasteiger partial charge in [-0.05, 0) is 34.9 Å². The molecule has 0 heterocycles. The van der Waals surface area contributed by atoms with Crippen LogP contribution in [0, 0.1) is 0 Å². The number of carbonyl (C=O) groups excluding carboxylic acids is 2. The van der Waals surface area contributed by atoms with Crippen molar-refractivity contribution in [1.82, 2.24) is 0 Å². The summed E-state index contributed by atoms with van der Waals surface area (Å²) >= 11 is 0. The Balaban J connectivity index is 0.000000785. The van der Waals surface area contributed by atoms with Crippen molar-refractivity contribution in [3.05, 3.63) is 46.0 Å². The monoisotopic (exact) mass is 477 g/mol. The standard InChI is InChI=1S/C16H16O9S2.CH3NO2/c1-26(20,21)24-13-6-10-14(16(13)25-27(2,22)23)8(7-17)5-9-11(18)3-4-12(19)15(9)10;2-1(3)4/h3-5,13,16-17H,6-7H2,1-2H3;2H2,(H,3,4). The molecule has 2 aliphatic carbocycles. The van der Waals surface area contributed by atoms with Crippen LogP contribution in [0.5, 0.6) is 0 Å². The van der Waals surface area contributed by atoms with Gasteiger partial charge in [0, 0.05) is 17.5 Å². The summed E-state index contributed by atoms with van der Waals surface area (Å²) < 4.78 is 56.6. The van der Waals surface area contributed by atoms with Gasteiger partial charge in [-0.2, -0.15) is 16.8 Å². The van der Waals surface area contributed by atoms with E-state index in [-0.39, 0.29) is 34.2 Å². The molecule has 2 aliphatic rings. The summed E-state index contributed by atoms with van der Waals surface area (Å²) in [5, 5.41) is 16.9. The van der Waals surface area contributed by atoms with Crippen LogP contribution in [-0.2, 0) is 41.6 Å². The van der Waals surface area contributed by atoms with Crippen LogP contribution in [0.2, 0.25) is 0 Å². The van der Waals surface area contributed by atoms with Gasteiger partial charge >= 0.3 is 6.09 Å². The van der Waals surface area contributed by atoms with Crippen LogP contribution in [0.3, 0.4) is 0 Å². The zero-order valence-electron chi connectivity index (χ0n) is 16.3. The van der Waals surface area contributed by atoms with Crippen LogP contribution in [0.4, 0.5) is 4.79 Å².